The molecule has 0 aliphatic carbocycles. The largest absolute Gasteiger partial charge is 0.337 e. The molecule has 0 bridgehead atoms. The lowest BCUT2D eigenvalue weighted by molar-refractivity contribution is 0.0791. The van der Waals surface area contributed by atoms with E-state index in [2.05, 4.69) is 5.10 Å². The Kier molecular flexibility index (Phi) is 3.89. The Morgan fingerprint density at radius 1 is 1.38 bits per heavy atom. The standard InChI is InChI=1S/C14H14Cl2N4O/c15-10-1-2-13(12(16)5-10)20-7-9(6-18-20)14(21)19-4-3-11(17)8-19/h1-2,5-7,11H,3-4,8,17H2/t11-/m1/s1. The highest BCUT2D eigenvalue weighted by molar-refractivity contribution is 6.35. The second-order valence-corrected chi connectivity index (χ2v) is 5.91. The number of hydrogen-bond acceptors (Lipinski definition) is 3. The molecule has 3 rings (SSSR count). The number of hydrogen-bond donors (Lipinski definition) is 1. The summed E-state index contributed by atoms with van der Waals surface area (Å²) in [5.74, 6) is -0.0562. The Hall–Kier alpha value is -1.56. The lowest BCUT2D eigenvalue weighted by Gasteiger charge is -2.14. The lowest BCUT2D eigenvalue weighted by Crippen LogP contribution is -2.31. The fourth-order valence-electron chi connectivity index (χ4n) is 2.39. The lowest BCUT2D eigenvalue weighted by atomic mass is 10.3. The summed E-state index contributed by atoms with van der Waals surface area (Å²) in [7, 11) is 0. The van der Waals surface area contributed by atoms with Crippen molar-refractivity contribution < 1.29 is 4.79 Å². The number of carbonyl (C=O) groups excluding carboxylic acids is 1. The average molecular weight is 325 g/mol. The molecule has 0 spiro atoms. The highest BCUT2D eigenvalue weighted by atomic mass is 35.5. The van der Waals surface area contributed by atoms with Gasteiger partial charge in [0.15, 0.2) is 0 Å². The van der Waals surface area contributed by atoms with Crippen molar-refractivity contribution in [1.82, 2.24) is 14.7 Å². The SMILES string of the molecule is N[C@@H]1CCN(C(=O)c2cnn(-c3ccc(Cl)cc3Cl)c2)C1. The van der Waals surface area contributed by atoms with Crippen LogP contribution in [0.25, 0.3) is 5.69 Å². The Morgan fingerprint density at radius 2 is 2.19 bits per heavy atom. The Bertz CT molecular complexity index is 685. The molecule has 1 aromatic carbocycles. The molecule has 110 valence electrons. The molecule has 0 unspecified atom stereocenters. The van der Waals surface area contributed by atoms with Crippen molar-refractivity contribution in [1.29, 1.82) is 0 Å². The summed E-state index contributed by atoms with van der Waals surface area (Å²) in [4.78, 5) is 14.1. The highest BCUT2D eigenvalue weighted by Gasteiger charge is 2.25. The first-order chi connectivity index (χ1) is 10.0. The van der Waals surface area contributed by atoms with Crippen LogP contribution in [-0.2, 0) is 0 Å². The van der Waals surface area contributed by atoms with Crippen molar-refractivity contribution in [2.75, 3.05) is 13.1 Å². The zero-order chi connectivity index (χ0) is 15.0. The van der Waals surface area contributed by atoms with E-state index in [1.54, 1.807) is 34.0 Å². The fraction of sp³-hybridized carbons (Fsp3) is 0.286. The molecule has 5 nitrogen and oxygen atoms in total. The molecule has 7 heteroatoms. The van der Waals surface area contributed by atoms with Gasteiger partial charge in [0.25, 0.3) is 5.91 Å². The predicted molar refractivity (Wildman–Crippen MR) is 82.1 cm³/mol. The van der Waals surface area contributed by atoms with Gasteiger partial charge in [0.1, 0.15) is 0 Å². The number of amides is 1. The zero-order valence-corrected chi connectivity index (χ0v) is 12.7. The molecule has 1 fully saturated rings. The first-order valence-electron chi connectivity index (χ1n) is 6.59. The summed E-state index contributed by atoms with van der Waals surface area (Å²) in [5, 5.41) is 5.23. The van der Waals surface area contributed by atoms with Crippen molar-refractivity contribution in [3.8, 4) is 5.69 Å². The van der Waals surface area contributed by atoms with Crippen LogP contribution in [0.15, 0.2) is 30.6 Å². The van der Waals surface area contributed by atoms with Gasteiger partial charge in [-0.3, -0.25) is 4.79 Å². The minimum Gasteiger partial charge on any atom is -0.337 e. The van der Waals surface area contributed by atoms with Gasteiger partial charge < -0.3 is 10.6 Å². The van der Waals surface area contributed by atoms with Gasteiger partial charge in [-0.2, -0.15) is 5.10 Å². The molecule has 0 radical (unpaired) electrons. The second-order valence-electron chi connectivity index (χ2n) is 5.07. The van der Waals surface area contributed by atoms with E-state index in [0.717, 1.165) is 6.42 Å². The van der Waals surface area contributed by atoms with Crippen LogP contribution in [0.5, 0.6) is 0 Å². The summed E-state index contributed by atoms with van der Waals surface area (Å²) in [6.45, 7) is 1.28. The Balaban J connectivity index is 1.84. The van der Waals surface area contributed by atoms with E-state index < -0.39 is 0 Å². The zero-order valence-electron chi connectivity index (χ0n) is 11.2. The van der Waals surface area contributed by atoms with Crippen LogP contribution in [0.3, 0.4) is 0 Å². The van der Waals surface area contributed by atoms with E-state index >= 15 is 0 Å². The van der Waals surface area contributed by atoms with Gasteiger partial charge in [-0.1, -0.05) is 23.2 Å². The fourth-order valence-corrected chi connectivity index (χ4v) is 2.88. The van der Waals surface area contributed by atoms with Crippen LogP contribution in [0, 0.1) is 0 Å². The van der Waals surface area contributed by atoms with E-state index in [9.17, 15) is 4.79 Å². The van der Waals surface area contributed by atoms with Crippen LogP contribution in [0.2, 0.25) is 10.0 Å². The third kappa shape index (κ3) is 2.90. The number of rotatable bonds is 2. The second kappa shape index (κ2) is 5.67. The van der Waals surface area contributed by atoms with Crippen LogP contribution in [0.4, 0.5) is 0 Å². The first-order valence-corrected chi connectivity index (χ1v) is 7.35. The van der Waals surface area contributed by atoms with Gasteiger partial charge in [0, 0.05) is 30.4 Å². The molecule has 1 aliphatic rings. The van der Waals surface area contributed by atoms with Gasteiger partial charge in [-0.05, 0) is 24.6 Å². The summed E-state index contributed by atoms with van der Waals surface area (Å²) < 4.78 is 1.57. The summed E-state index contributed by atoms with van der Waals surface area (Å²) in [6, 6.07) is 5.19. The maximum Gasteiger partial charge on any atom is 0.257 e. The Morgan fingerprint density at radius 3 is 2.86 bits per heavy atom. The monoisotopic (exact) mass is 324 g/mol. The van der Waals surface area contributed by atoms with E-state index in [4.69, 9.17) is 28.9 Å². The number of carbonyl (C=O) groups is 1. The number of aromatic nitrogens is 2. The van der Waals surface area contributed by atoms with Crippen molar-refractivity contribution in [3.05, 3.63) is 46.2 Å². The molecular weight excluding hydrogens is 311 g/mol. The molecule has 1 saturated heterocycles. The first kappa shape index (κ1) is 14.4. The normalized spacial score (nSPS) is 18.2. The quantitative estimate of drug-likeness (QED) is 0.922. The molecule has 21 heavy (non-hydrogen) atoms. The topological polar surface area (TPSA) is 64.2 Å². The third-order valence-corrected chi connectivity index (χ3v) is 4.04. The number of nitrogens with two attached hydrogens (primary N) is 1. The van der Waals surface area contributed by atoms with E-state index in [-0.39, 0.29) is 11.9 Å². The number of likely N-dealkylation sites (tertiary alicyclic amines) is 1. The summed E-state index contributed by atoms with van der Waals surface area (Å²) >= 11 is 12.0. The molecule has 1 aromatic heterocycles. The maximum atomic E-state index is 12.3. The van der Waals surface area contributed by atoms with E-state index in [0.29, 0.717) is 34.4 Å². The summed E-state index contributed by atoms with van der Waals surface area (Å²) in [6.07, 6.45) is 4.04. The number of nitrogens with zero attached hydrogens (tertiary/aromatic N) is 3. The van der Waals surface area contributed by atoms with Gasteiger partial charge in [-0.15, -0.1) is 0 Å². The third-order valence-electron chi connectivity index (χ3n) is 3.50. The predicted octanol–water partition coefficient (Wildman–Crippen LogP) is 2.35. The van der Waals surface area contributed by atoms with Gasteiger partial charge >= 0.3 is 0 Å². The Labute approximate surface area is 132 Å². The molecular formula is C14H14Cl2N4O. The van der Waals surface area contributed by atoms with Crippen molar-refractivity contribution in [3.63, 3.8) is 0 Å². The highest BCUT2D eigenvalue weighted by Crippen LogP contribution is 2.24. The molecule has 1 aliphatic heterocycles. The van der Waals surface area contributed by atoms with Crippen molar-refractivity contribution in [2.45, 2.75) is 12.5 Å². The van der Waals surface area contributed by atoms with Crippen LogP contribution >= 0.6 is 23.2 Å². The smallest absolute Gasteiger partial charge is 0.257 e. The molecule has 1 amide bonds. The van der Waals surface area contributed by atoms with Crippen molar-refractivity contribution in [2.24, 2.45) is 5.73 Å². The van der Waals surface area contributed by atoms with Crippen molar-refractivity contribution >= 4 is 29.1 Å². The summed E-state index contributed by atoms with van der Waals surface area (Å²) in [5.41, 5.74) is 7.03. The number of halogens is 2. The van der Waals surface area contributed by atoms with Gasteiger partial charge in [0.2, 0.25) is 0 Å². The molecule has 2 N–H and O–H groups in total. The minimum absolute atomic E-state index is 0.0562. The van der Waals surface area contributed by atoms with Gasteiger partial charge in [-0.25, -0.2) is 4.68 Å². The molecule has 1 atom stereocenters. The van der Waals surface area contributed by atoms with Crippen LogP contribution < -0.4 is 5.73 Å². The van der Waals surface area contributed by atoms with E-state index in [1.807, 2.05) is 0 Å². The average Bonchev–Trinajstić information content (AvgIpc) is 3.07. The van der Waals surface area contributed by atoms with Gasteiger partial charge in [0.05, 0.1) is 22.5 Å². The molecule has 2 heterocycles. The minimum atomic E-state index is -0.0562. The van der Waals surface area contributed by atoms with Crippen LogP contribution in [-0.4, -0.2) is 39.7 Å². The maximum absolute atomic E-state index is 12.3. The molecule has 0 saturated carbocycles. The van der Waals surface area contributed by atoms with Crippen LogP contribution in [0.1, 0.15) is 16.8 Å². The molecule has 2 aromatic rings. The van der Waals surface area contributed by atoms with E-state index in [1.165, 1.54) is 6.20 Å². The number of benzene rings is 1.